The van der Waals surface area contributed by atoms with Gasteiger partial charge in [0, 0.05) is 5.57 Å². The molecule has 0 heterocycles. The number of hydrogen-bond donors (Lipinski definition) is 0. The quantitative estimate of drug-likeness (QED) is 0.405. The van der Waals surface area contributed by atoms with Gasteiger partial charge in [-0.05, 0) is 54.8 Å². The molecule has 0 N–H and O–H groups in total. The lowest BCUT2D eigenvalue weighted by Crippen LogP contribution is -2.49. The molecule has 2 fully saturated rings. The van der Waals surface area contributed by atoms with Crippen molar-refractivity contribution < 1.29 is 9.53 Å². The predicted octanol–water partition coefficient (Wildman–Crippen LogP) is 5.19. The first-order valence-electron chi connectivity index (χ1n) is 9.08. The van der Waals surface area contributed by atoms with E-state index in [2.05, 4.69) is 33.4 Å². The molecular weight excluding hydrogens is 298 g/mol. The van der Waals surface area contributed by atoms with E-state index in [-0.39, 0.29) is 17.8 Å². The maximum Gasteiger partial charge on any atom is 0.334 e. The number of methoxy groups -OCH3 is 1. The number of allylic oxidation sites excluding steroid dienone is 2. The van der Waals surface area contributed by atoms with Gasteiger partial charge in [-0.25, -0.2) is 4.79 Å². The number of rotatable bonds is 4. The lowest BCUT2D eigenvalue weighted by Gasteiger charge is -2.58. The van der Waals surface area contributed by atoms with Crippen LogP contribution in [0.2, 0.25) is 0 Å². The molecule has 0 radical (unpaired) electrons. The Labute approximate surface area is 146 Å². The van der Waals surface area contributed by atoms with Crippen LogP contribution in [0.1, 0.15) is 65.7 Å². The van der Waals surface area contributed by atoms with Crippen molar-refractivity contribution in [1.82, 2.24) is 0 Å². The van der Waals surface area contributed by atoms with Crippen LogP contribution in [-0.2, 0) is 9.53 Å². The van der Waals surface area contributed by atoms with E-state index >= 15 is 0 Å². The van der Waals surface area contributed by atoms with Crippen molar-refractivity contribution in [2.75, 3.05) is 7.11 Å². The zero-order chi connectivity index (χ0) is 18.0. The number of nitriles is 1. The summed E-state index contributed by atoms with van der Waals surface area (Å²) in [5.41, 5.74) is 2.40. The van der Waals surface area contributed by atoms with Gasteiger partial charge in [0.2, 0.25) is 0 Å². The summed E-state index contributed by atoms with van der Waals surface area (Å²) in [5, 5.41) is 8.96. The Morgan fingerprint density at radius 3 is 2.75 bits per heavy atom. The molecule has 3 nitrogen and oxygen atoms in total. The molecular formula is C21H31NO2. The van der Waals surface area contributed by atoms with Crippen molar-refractivity contribution >= 4 is 5.97 Å². The fourth-order valence-electron chi connectivity index (χ4n) is 5.41. The zero-order valence-corrected chi connectivity index (χ0v) is 15.7. The molecule has 132 valence electrons. The minimum Gasteiger partial charge on any atom is -0.466 e. The number of ether oxygens (including phenoxy) is 1. The van der Waals surface area contributed by atoms with Crippen LogP contribution in [0.15, 0.2) is 23.8 Å². The number of fused-ring (bicyclic) bond motifs is 1. The molecule has 0 amide bonds. The second kappa shape index (κ2) is 7.13. The van der Waals surface area contributed by atoms with E-state index in [1.807, 2.05) is 6.08 Å². The third kappa shape index (κ3) is 3.43. The molecule has 2 rings (SSSR count). The highest BCUT2D eigenvalue weighted by Crippen LogP contribution is 2.61. The minimum absolute atomic E-state index is 0.109. The van der Waals surface area contributed by atoms with E-state index in [0.29, 0.717) is 22.8 Å². The van der Waals surface area contributed by atoms with Gasteiger partial charge in [0.25, 0.3) is 0 Å². The topological polar surface area (TPSA) is 50.1 Å². The summed E-state index contributed by atoms with van der Waals surface area (Å²) >= 11 is 0. The first-order chi connectivity index (χ1) is 11.3. The Hall–Kier alpha value is -1.56. The summed E-state index contributed by atoms with van der Waals surface area (Å²) in [5.74, 6) is 0.693. The third-order valence-electron chi connectivity index (χ3n) is 6.64. The fourth-order valence-corrected chi connectivity index (χ4v) is 5.41. The van der Waals surface area contributed by atoms with Gasteiger partial charge in [-0.15, -0.1) is 0 Å². The van der Waals surface area contributed by atoms with Gasteiger partial charge in [0.1, 0.15) is 0 Å². The van der Waals surface area contributed by atoms with E-state index in [0.717, 1.165) is 12.8 Å². The van der Waals surface area contributed by atoms with Gasteiger partial charge in [0.05, 0.1) is 19.6 Å². The Balaban J connectivity index is 2.28. The molecule has 3 heteroatoms. The van der Waals surface area contributed by atoms with E-state index in [1.54, 1.807) is 0 Å². The molecule has 0 aliphatic heterocycles. The Morgan fingerprint density at radius 1 is 1.42 bits per heavy atom. The van der Waals surface area contributed by atoms with E-state index < -0.39 is 0 Å². The summed E-state index contributed by atoms with van der Waals surface area (Å²) in [6.07, 6.45) is 8.91. The van der Waals surface area contributed by atoms with Gasteiger partial charge in [-0.2, -0.15) is 5.26 Å². The van der Waals surface area contributed by atoms with Crippen molar-refractivity contribution in [3.63, 3.8) is 0 Å². The number of nitrogens with zero attached hydrogens (tertiary/aromatic N) is 1. The monoisotopic (exact) mass is 329 g/mol. The van der Waals surface area contributed by atoms with E-state index in [4.69, 9.17) is 10.00 Å². The Bertz CT molecular complexity index is 581. The van der Waals surface area contributed by atoms with Crippen LogP contribution >= 0.6 is 0 Å². The van der Waals surface area contributed by atoms with Crippen LogP contribution in [0.4, 0.5) is 0 Å². The molecule has 0 aromatic rings. The molecule has 0 saturated heterocycles. The van der Waals surface area contributed by atoms with E-state index in [9.17, 15) is 4.79 Å². The lowest BCUT2D eigenvalue weighted by atomic mass is 9.47. The maximum atomic E-state index is 11.9. The molecule has 0 unspecified atom stereocenters. The van der Waals surface area contributed by atoms with Crippen molar-refractivity contribution in [3.05, 3.63) is 23.8 Å². The van der Waals surface area contributed by atoms with Crippen LogP contribution in [0, 0.1) is 34.0 Å². The largest absolute Gasteiger partial charge is 0.466 e. The van der Waals surface area contributed by atoms with Crippen LogP contribution in [-0.4, -0.2) is 13.1 Å². The zero-order valence-electron chi connectivity index (χ0n) is 15.7. The molecule has 0 aromatic carbocycles. The second-order valence-corrected chi connectivity index (χ2v) is 8.44. The maximum absolute atomic E-state index is 11.9. The molecule has 2 saturated carbocycles. The normalized spacial score (nSPS) is 32.6. The van der Waals surface area contributed by atoms with Crippen LogP contribution in [0.25, 0.3) is 0 Å². The average molecular weight is 329 g/mol. The lowest BCUT2D eigenvalue weighted by molar-refractivity contribution is -0.136. The van der Waals surface area contributed by atoms with Gasteiger partial charge < -0.3 is 4.74 Å². The van der Waals surface area contributed by atoms with Crippen LogP contribution in [0.5, 0.6) is 0 Å². The average Bonchev–Trinajstić information content (AvgIpc) is 2.51. The minimum atomic E-state index is -0.386. The molecule has 2 aliphatic rings. The summed E-state index contributed by atoms with van der Waals surface area (Å²) in [6.45, 7) is 11.6. The van der Waals surface area contributed by atoms with Crippen molar-refractivity contribution in [1.29, 1.82) is 5.26 Å². The summed E-state index contributed by atoms with van der Waals surface area (Å²) < 4.78 is 4.82. The van der Waals surface area contributed by atoms with Gasteiger partial charge in [0.15, 0.2) is 0 Å². The molecule has 0 spiro atoms. The van der Waals surface area contributed by atoms with Crippen LogP contribution < -0.4 is 0 Å². The standard InChI is InChI=1S/C21H31NO2/c1-15-7-10-18-20(2,3)12-6-13-21(18,4)17(15)9-8-16(11-14-22)19(23)24-5/h8,17-18H,1,6-7,9-13H2,2-5H3/t17-,18-,21+/m0/s1. The Kier molecular flexibility index (Phi) is 5.58. The fraction of sp³-hybridized carbons (Fsp3) is 0.714. The van der Waals surface area contributed by atoms with Gasteiger partial charge >= 0.3 is 5.97 Å². The predicted molar refractivity (Wildman–Crippen MR) is 96.0 cm³/mol. The van der Waals surface area contributed by atoms with Crippen molar-refractivity contribution in [2.45, 2.75) is 65.7 Å². The van der Waals surface area contributed by atoms with E-state index in [1.165, 1.54) is 38.4 Å². The SMILES string of the molecule is C=C1CC[C@H]2C(C)(C)CCC[C@]2(C)[C@H]1CC=C(CC#N)C(=O)OC. The van der Waals surface area contributed by atoms with Gasteiger partial charge in [-0.3, -0.25) is 0 Å². The number of hydrogen-bond acceptors (Lipinski definition) is 3. The molecule has 24 heavy (non-hydrogen) atoms. The van der Waals surface area contributed by atoms with Gasteiger partial charge in [-0.1, -0.05) is 45.4 Å². The highest BCUT2D eigenvalue weighted by molar-refractivity contribution is 5.88. The molecule has 2 aliphatic carbocycles. The first kappa shape index (κ1) is 18.8. The Morgan fingerprint density at radius 2 is 2.12 bits per heavy atom. The summed E-state index contributed by atoms with van der Waals surface area (Å²) in [4.78, 5) is 11.9. The van der Waals surface area contributed by atoms with Crippen molar-refractivity contribution in [2.24, 2.45) is 22.7 Å². The molecule has 3 atom stereocenters. The number of esters is 1. The second-order valence-electron chi connectivity index (χ2n) is 8.44. The highest BCUT2D eigenvalue weighted by Gasteiger charge is 2.52. The smallest absolute Gasteiger partial charge is 0.334 e. The summed E-state index contributed by atoms with van der Waals surface area (Å²) in [6, 6.07) is 2.07. The number of carbonyl (C=O) groups is 1. The highest BCUT2D eigenvalue weighted by atomic mass is 16.5. The molecule has 0 bridgehead atoms. The number of carbonyl (C=O) groups excluding carboxylic acids is 1. The first-order valence-corrected chi connectivity index (χ1v) is 9.08. The molecule has 0 aromatic heterocycles. The van der Waals surface area contributed by atoms with Crippen molar-refractivity contribution in [3.8, 4) is 6.07 Å². The summed E-state index contributed by atoms with van der Waals surface area (Å²) in [7, 11) is 1.37. The third-order valence-corrected chi connectivity index (χ3v) is 6.64. The van der Waals surface area contributed by atoms with Crippen LogP contribution in [0.3, 0.4) is 0 Å².